The van der Waals surface area contributed by atoms with Gasteiger partial charge < -0.3 is 25.5 Å². The monoisotopic (exact) mass is 661 g/mol. The Bertz CT molecular complexity index is 182. The topological polar surface area (TPSA) is 101 Å². The van der Waals surface area contributed by atoms with E-state index in [0.29, 0.717) is 0 Å². The third-order valence-electron chi connectivity index (χ3n) is 0. The molecule has 8 heteroatoms. The van der Waals surface area contributed by atoms with E-state index < -0.39 is 28.0 Å². The quantitative estimate of drug-likeness (QED) is 0.254. The summed E-state index contributed by atoms with van der Waals surface area (Å²) in [6, 6.07) is 0. The van der Waals surface area contributed by atoms with Gasteiger partial charge in [-0.05, 0) is 104 Å². The first-order valence-electron chi connectivity index (χ1n) is 8.62. The van der Waals surface area contributed by atoms with Gasteiger partial charge in [0.25, 0.3) is 0 Å². The maximum atomic E-state index is 8.52. The number of hydrogen-bond acceptors (Lipinski definition) is 5. The van der Waals surface area contributed by atoms with E-state index in [1.807, 2.05) is 0 Å². The summed E-state index contributed by atoms with van der Waals surface area (Å²) in [7, 11) is 0. The Balaban J connectivity index is -0.0000000290. The van der Waals surface area contributed by atoms with Crippen LogP contribution in [0.5, 0.6) is 0 Å². The van der Waals surface area contributed by atoms with Crippen LogP contribution < -0.4 is 0 Å². The maximum Gasteiger partial charge on any atom is 0.0563 e. The first kappa shape index (κ1) is 52.2. The van der Waals surface area contributed by atoms with Gasteiger partial charge in [-0.2, -0.15) is 0 Å². The van der Waals surface area contributed by atoms with Gasteiger partial charge in [-0.25, -0.2) is 0 Å². The molecular formula is C20H50Cu2HoO5. The number of hydrogen-bond donors (Lipinski definition) is 5. The van der Waals surface area contributed by atoms with Gasteiger partial charge in [0.05, 0.1) is 28.0 Å². The van der Waals surface area contributed by atoms with Gasteiger partial charge in [0.15, 0.2) is 0 Å². The van der Waals surface area contributed by atoms with Gasteiger partial charge in [-0.3, -0.25) is 0 Å². The van der Waals surface area contributed by atoms with Crippen molar-refractivity contribution in [3.8, 4) is 0 Å². The third kappa shape index (κ3) is 4680. The van der Waals surface area contributed by atoms with Crippen LogP contribution in [0.4, 0.5) is 0 Å². The molecule has 0 rings (SSSR count). The molecule has 5 N–H and O–H groups in total. The molecule has 0 saturated heterocycles. The second-order valence-electron chi connectivity index (χ2n) is 10.9. The average Bonchev–Trinajstić information content (AvgIpc) is 1.79. The van der Waals surface area contributed by atoms with E-state index in [2.05, 4.69) is 0 Å². The minimum Gasteiger partial charge on any atom is -0.391 e. The van der Waals surface area contributed by atoms with Gasteiger partial charge in [0, 0.05) is 71.9 Å². The summed E-state index contributed by atoms with van der Waals surface area (Å²) in [5.74, 6) is 0. The zero-order valence-corrected chi connectivity index (χ0v) is 24.5. The summed E-state index contributed by atoms with van der Waals surface area (Å²) >= 11 is 0. The Morgan fingerprint density at radius 3 is 0.286 bits per heavy atom. The Hall–Kier alpha value is 2.10. The molecule has 28 heavy (non-hydrogen) atoms. The van der Waals surface area contributed by atoms with Crippen LogP contribution in [0, 0.1) is 37.7 Å². The van der Waals surface area contributed by atoms with Crippen LogP contribution >= 0.6 is 0 Å². The molecule has 0 atom stereocenters. The van der Waals surface area contributed by atoms with E-state index in [1.165, 1.54) is 0 Å². The Labute approximate surface area is 227 Å². The zero-order valence-electron chi connectivity index (χ0n) is 20.6. The van der Waals surface area contributed by atoms with Crippen LogP contribution in [0.1, 0.15) is 104 Å². The summed E-state index contributed by atoms with van der Waals surface area (Å²) in [6.45, 7) is 26.1. The summed E-state index contributed by atoms with van der Waals surface area (Å²) in [5, 5.41) is 42.6. The van der Waals surface area contributed by atoms with Gasteiger partial charge in [0.2, 0.25) is 0 Å². The van der Waals surface area contributed by atoms with Crippen molar-refractivity contribution in [1.29, 1.82) is 0 Å². The van der Waals surface area contributed by atoms with E-state index in [-0.39, 0.29) is 71.9 Å². The molecule has 0 aliphatic carbocycles. The normalized spacial score (nSPS) is 10.7. The molecule has 0 saturated carbocycles. The fourth-order valence-electron chi connectivity index (χ4n) is 0. The van der Waals surface area contributed by atoms with Crippen molar-refractivity contribution >= 4 is 0 Å². The predicted molar refractivity (Wildman–Crippen MR) is 110 cm³/mol. The smallest absolute Gasteiger partial charge is 0.0563 e. The van der Waals surface area contributed by atoms with Crippen molar-refractivity contribution in [3.63, 3.8) is 0 Å². The fourth-order valence-corrected chi connectivity index (χ4v) is 0. The summed E-state index contributed by atoms with van der Waals surface area (Å²) in [6.07, 6.45) is 0. The first-order chi connectivity index (χ1) is 10.0. The second-order valence-corrected chi connectivity index (χ2v) is 10.9. The molecule has 3 radical (unpaired) electrons. The maximum absolute atomic E-state index is 8.52. The van der Waals surface area contributed by atoms with Crippen molar-refractivity contribution in [3.05, 3.63) is 0 Å². The van der Waals surface area contributed by atoms with Crippen molar-refractivity contribution in [2.24, 2.45) is 0 Å². The van der Waals surface area contributed by atoms with Crippen molar-refractivity contribution in [1.82, 2.24) is 0 Å². The summed E-state index contributed by atoms with van der Waals surface area (Å²) in [4.78, 5) is 0. The Morgan fingerprint density at radius 2 is 0.286 bits per heavy atom. The zero-order chi connectivity index (χ0) is 22.5. The molecule has 0 aromatic carbocycles. The average molecular weight is 663 g/mol. The molecule has 193 valence electrons. The molecule has 0 fully saturated rings. The molecule has 0 aliphatic rings. The van der Waals surface area contributed by atoms with Crippen LogP contribution in [-0.4, -0.2) is 53.5 Å². The van der Waals surface area contributed by atoms with Crippen molar-refractivity contribution in [2.75, 3.05) is 0 Å². The fraction of sp³-hybridized carbons (Fsp3) is 1.00. The minimum atomic E-state index is -0.500. The largest absolute Gasteiger partial charge is 0.391 e. The molecule has 0 amide bonds. The van der Waals surface area contributed by atoms with Gasteiger partial charge >= 0.3 is 0 Å². The number of rotatable bonds is 0. The second kappa shape index (κ2) is 22.3. The first-order valence-corrected chi connectivity index (χ1v) is 8.62. The van der Waals surface area contributed by atoms with Crippen LogP contribution in [0.2, 0.25) is 0 Å². The van der Waals surface area contributed by atoms with Gasteiger partial charge in [-0.15, -0.1) is 0 Å². The van der Waals surface area contributed by atoms with E-state index in [9.17, 15) is 0 Å². The summed E-state index contributed by atoms with van der Waals surface area (Å²) < 4.78 is 0. The molecular weight excluding hydrogens is 612 g/mol. The molecule has 0 aliphatic heterocycles. The van der Waals surface area contributed by atoms with E-state index in [0.717, 1.165) is 0 Å². The van der Waals surface area contributed by atoms with E-state index in [4.69, 9.17) is 25.5 Å². The van der Waals surface area contributed by atoms with Crippen LogP contribution in [0.15, 0.2) is 0 Å². The van der Waals surface area contributed by atoms with E-state index >= 15 is 0 Å². The SMILES string of the molecule is CC(C)(C)O.CC(C)(C)O.CC(C)(C)O.CC(C)(C)O.CC(C)(C)O.[Cu].[Cu].[Ho]. The van der Waals surface area contributed by atoms with Crippen LogP contribution in [0.3, 0.4) is 0 Å². The minimum absolute atomic E-state index is 0. The van der Waals surface area contributed by atoms with Crippen LogP contribution in [0.25, 0.3) is 0 Å². The van der Waals surface area contributed by atoms with Crippen molar-refractivity contribution in [2.45, 2.75) is 132 Å². The molecule has 0 unspecified atom stereocenters. The van der Waals surface area contributed by atoms with Gasteiger partial charge in [-0.1, -0.05) is 0 Å². The molecule has 0 aromatic heterocycles. The molecule has 0 spiro atoms. The van der Waals surface area contributed by atoms with Crippen LogP contribution in [-0.2, 0) is 34.1 Å². The number of aliphatic hydroxyl groups is 5. The van der Waals surface area contributed by atoms with Gasteiger partial charge in [0.1, 0.15) is 0 Å². The molecule has 0 aromatic rings. The predicted octanol–water partition coefficient (Wildman–Crippen LogP) is 3.88. The molecule has 0 heterocycles. The standard InChI is InChI=1S/5C4H10O.2Cu.Ho/c5*1-4(2,3)5;;;/h5*5H,1-3H3;;;. The Morgan fingerprint density at radius 1 is 0.286 bits per heavy atom. The van der Waals surface area contributed by atoms with E-state index in [1.54, 1.807) is 104 Å². The molecule has 0 bridgehead atoms. The summed E-state index contributed by atoms with van der Waals surface area (Å²) in [5.41, 5.74) is -2.50. The van der Waals surface area contributed by atoms with Crippen molar-refractivity contribution < 1.29 is 97.4 Å². The molecule has 5 nitrogen and oxygen atoms in total. The Kier molecular flexibility index (Phi) is 41.6. The third-order valence-corrected chi connectivity index (χ3v) is 0.